The lowest BCUT2D eigenvalue weighted by Gasteiger charge is -2.28. The standard InChI is InChI=1S/C13H20Cl5N3/c1-3-5-6-7-9-21-11(10(8-4-2)19-20-21)12(14,15)13(16,17)18/h3-9H2,1-2H3. The summed E-state index contributed by atoms with van der Waals surface area (Å²) in [6.45, 7) is 4.85. The van der Waals surface area contributed by atoms with Crippen LogP contribution < -0.4 is 0 Å². The lowest BCUT2D eigenvalue weighted by atomic mass is 10.1. The third kappa shape index (κ3) is 5.04. The molecule has 0 N–H and O–H groups in total. The largest absolute Gasteiger partial charge is 0.246 e. The molecule has 0 saturated carbocycles. The molecule has 0 fully saturated rings. The molecule has 122 valence electrons. The molecule has 1 aromatic rings. The number of nitrogens with zero attached hydrogens (tertiary/aromatic N) is 3. The van der Waals surface area contributed by atoms with Crippen molar-refractivity contribution >= 4 is 58.0 Å². The number of hydrogen-bond acceptors (Lipinski definition) is 2. The Bertz CT molecular complexity index is 440. The Kier molecular flexibility index (Phi) is 7.90. The summed E-state index contributed by atoms with van der Waals surface area (Å²) in [5.41, 5.74) is 1.17. The second-order valence-electron chi connectivity index (χ2n) is 4.99. The molecule has 1 rings (SSSR count). The van der Waals surface area contributed by atoms with Crippen molar-refractivity contribution in [3.05, 3.63) is 11.4 Å². The van der Waals surface area contributed by atoms with Crippen molar-refractivity contribution in [3.63, 3.8) is 0 Å². The van der Waals surface area contributed by atoms with Crippen molar-refractivity contribution < 1.29 is 0 Å². The van der Waals surface area contributed by atoms with E-state index in [4.69, 9.17) is 58.0 Å². The zero-order chi connectivity index (χ0) is 16.1. The van der Waals surface area contributed by atoms with Gasteiger partial charge in [-0.3, -0.25) is 0 Å². The highest BCUT2D eigenvalue weighted by Gasteiger charge is 2.51. The molecule has 0 aliphatic rings. The fourth-order valence-corrected chi connectivity index (χ4v) is 2.76. The first kappa shape index (κ1) is 19.6. The van der Waals surface area contributed by atoms with Gasteiger partial charge in [-0.2, -0.15) is 0 Å². The minimum absolute atomic E-state index is 0.490. The van der Waals surface area contributed by atoms with E-state index in [-0.39, 0.29) is 0 Å². The molecule has 21 heavy (non-hydrogen) atoms. The molecule has 0 radical (unpaired) electrons. The van der Waals surface area contributed by atoms with Crippen molar-refractivity contribution in [1.82, 2.24) is 15.0 Å². The number of rotatable bonds is 8. The molecule has 0 amide bonds. The number of aromatic nitrogens is 3. The van der Waals surface area contributed by atoms with Crippen LogP contribution in [-0.2, 0) is 17.3 Å². The van der Waals surface area contributed by atoms with Crippen LogP contribution in [0.2, 0.25) is 0 Å². The highest BCUT2D eigenvalue weighted by molar-refractivity contribution is 6.75. The van der Waals surface area contributed by atoms with Crippen LogP contribution in [0.15, 0.2) is 0 Å². The molecule has 0 atom stereocenters. The van der Waals surface area contributed by atoms with Gasteiger partial charge in [-0.25, -0.2) is 4.68 Å². The molecule has 3 nitrogen and oxygen atoms in total. The SMILES string of the molecule is CCCCCCn1nnc(CCC)c1C(Cl)(Cl)C(Cl)(Cl)Cl. The van der Waals surface area contributed by atoms with Gasteiger partial charge in [-0.05, 0) is 12.8 Å². The first-order chi connectivity index (χ1) is 9.75. The first-order valence-corrected chi connectivity index (χ1v) is 9.02. The van der Waals surface area contributed by atoms with Gasteiger partial charge in [0.15, 0.2) is 0 Å². The molecule has 8 heteroatoms. The maximum Gasteiger partial charge on any atom is 0.228 e. The third-order valence-electron chi connectivity index (χ3n) is 3.17. The van der Waals surface area contributed by atoms with Crippen molar-refractivity contribution in [2.24, 2.45) is 0 Å². The van der Waals surface area contributed by atoms with Gasteiger partial charge in [0.2, 0.25) is 8.13 Å². The van der Waals surface area contributed by atoms with Crippen LogP contribution in [0.25, 0.3) is 0 Å². The van der Waals surface area contributed by atoms with E-state index in [0.717, 1.165) is 25.7 Å². The topological polar surface area (TPSA) is 30.7 Å². The molecule has 0 aliphatic carbocycles. The fraction of sp³-hybridized carbons (Fsp3) is 0.846. The second kappa shape index (κ2) is 8.44. The van der Waals surface area contributed by atoms with E-state index in [1.807, 2.05) is 6.92 Å². The van der Waals surface area contributed by atoms with Gasteiger partial charge >= 0.3 is 0 Å². The molecule has 0 aromatic carbocycles. The van der Waals surface area contributed by atoms with Gasteiger partial charge in [-0.1, -0.05) is 103 Å². The highest BCUT2D eigenvalue weighted by Crippen LogP contribution is 2.53. The molecular weight excluding hydrogens is 375 g/mol. The van der Waals surface area contributed by atoms with Gasteiger partial charge < -0.3 is 0 Å². The summed E-state index contributed by atoms with van der Waals surface area (Å²) >= 11 is 30.5. The molecule has 1 aromatic heterocycles. The maximum absolute atomic E-state index is 6.33. The Labute approximate surface area is 151 Å². The summed E-state index contributed by atoms with van der Waals surface area (Å²) in [5, 5.41) is 8.29. The van der Waals surface area contributed by atoms with Gasteiger partial charge in [0.25, 0.3) is 0 Å². The predicted octanol–water partition coefficient (Wildman–Crippen LogP) is 5.81. The second-order valence-corrected chi connectivity index (χ2v) is 8.60. The van der Waals surface area contributed by atoms with Gasteiger partial charge in [0, 0.05) is 6.54 Å². The van der Waals surface area contributed by atoms with Crippen molar-refractivity contribution in [3.8, 4) is 0 Å². The molecule has 0 aliphatic heterocycles. The van der Waals surface area contributed by atoms with Gasteiger partial charge in [0.05, 0.1) is 5.69 Å². The highest BCUT2D eigenvalue weighted by atomic mass is 35.6. The maximum atomic E-state index is 6.33. The number of halogens is 5. The lowest BCUT2D eigenvalue weighted by Crippen LogP contribution is -2.32. The number of unbranched alkanes of at least 4 members (excludes halogenated alkanes) is 3. The van der Waals surface area contributed by atoms with Crippen LogP contribution >= 0.6 is 58.0 Å². The normalized spacial score (nSPS) is 12.9. The van der Waals surface area contributed by atoms with E-state index in [9.17, 15) is 0 Å². The van der Waals surface area contributed by atoms with Crippen LogP contribution in [0.5, 0.6) is 0 Å². The van der Waals surface area contributed by atoms with Crippen molar-refractivity contribution in [2.75, 3.05) is 0 Å². The summed E-state index contributed by atoms with van der Waals surface area (Å²) in [6.07, 6.45) is 5.96. The Balaban J connectivity index is 3.04. The van der Waals surface area contributed by atoms with E-state index in [2.05, 4.69) is 17.2 Å². The van der Waals surface area contributed by atoms with Gasteiger partial charge in [-0.15, -0.1) is 5.10 Å². The number of hydrogen-bond donors (Lipinski definition) is 0. The molecule has 0 unspecified atom stereocenters. The summed E-state index contributed by atoms with van der Waals surface area (Å²) in [7, 11) is 0. The molecule has 0 bridgehead atoms. The quantitative estimate of drug-likeness (QED) is 0.411. The van der Waals surface area contributed by atoms with Crippen LogP contribution in [0.4, 0.5) is 0 Å². The van der Waals surface area contributed by atoms with Gasteiger partial charge in [0.1, 0.15) is 5.69 Å². The molecular formula is C13H20Cl5N3. The average molecular weight is 396 g/mol. The van der Waals surface area contributed by atoms with E-state index in [0.29, 0.717) is 24.4 Å². The van der Waals surface area contributed by atoms with E-state index in [1.165, 1.54) is 6.42 Å². The summed E-state index contributed by atoms with van der Waals surface area (Å²) < 4.78 is -1.87. The van der Waals surface area contributed by atoms with E-state index >= 15 is 0 Å². The molecule has 1 heterocycles. The molecule has 0 saturated heterocycles. The first-order valence-electron chi connectivity index (χ1n) is 7.13. The minimum atomic E-state index is -1.86. The zero-order valence-corrected chi connectivity index (χ0v) is 16.0. The Morgan fingerprint density at radius 1 is 0.952 bits per heavy atom. The van der Waals surface area contributed by atoms with Crippen molar-refractivity contribution in [1.29, 1.82) is 0 Å². The fourth-order valence-electron chi connectivity index (χ4n) is 2.08. The number of alkyl halides is 5. The predicted molar refractivity (Wildman–Crippen MR) is 91.8 cm³/mol. The Hall–Kier alpha value is 0.590. The van der Waals surface area contributed by atoms with Crippen LogP contribution in [0, 0.1) is 0 Å². The van der Waals surface area contributed by atoms with Crippen LogP contribution in [0.1, 0.15) is 57.3 Å². The summed E-state index contributed by atoms with van der Waals surface area (Å²) in [5.74, 6) is 0. The van der Waals surface area contributed by atoms with E-state index < -0.39 is 8.13 Å². The zero-order valence-electron chi connectivity index (χ0n) is 12.2. The summed E-state index contributed by atoms with van der Waals surface area (Å²) in [4.78, 5) is 0. The Morgan fingerprint density at radius 2 is 1.62 bits per heavy atom. The molecule has 0 spiro atoms. The summed E-state index contributed by atoms with van der Waals surface area (Å²) in [6, 6.07) is 0. The number of aryl methyl sites for hydroxylation is 2. The van der Waals surface area contributed by atoms with E-state index in [1.54, 1.807) is 4.68 Å². The average Bonchev–Trinajstić information content (AvgIpc) is 2.77. The third-order valence-corrected chi connectivity index (χ3v) is 5.52. The monoisotopic (exact) mass is 393 g/mol. The minimum Gasteiger partial charge on any atom is -0.246 e. The smallest absolute Gasteiger partial charge is 0.228 e. The van der Waals surface area contributed by atoms with Crippen LogP contribution in [-0.4, -0.2) is 18.8 Å². The van der Waals surface area contributed by atoms with Crippen molar-refractivity contribution in [2.45, 2.75) is 67.0 Å². The van der Waals surface area contributed by atoms with Crippen LogP contribution in [0.3, 0.4) is 0 Å². The Morgan fingerprint density at radius 3 is 2.14 bits per heavy atom. The lowest BCUT2D eigenvalue weighted by molar-refractivity contribution is 0.504.